The number of hydrogen-bond acceptors (Lipinski definition) is 3. The van der Waals surface area contributed by atoms with E-state index in [1.54, 1.807) is 19.2 Å². The Bertz CT molecular complexity index is 599. The lowest BCUT2D eigenvalue weighted by atomic mass is 9.97. The molecule has 118 valence electrons. The third-order valence-electron chi connectivity index (χ3n) is 3.93. The molecule has 1 saturated heterocycles. The Morgan fingerprint density at radius 3 is 2.52 bits per heavy atom. The summed E-state index contributed by atoms with van der Waals surface area (Å²) in [5.41, 5.74) is 0. The molecule has 0 aliphatic carbocycles. The first-order chi connectivity index (χ1) is 9.80. The Kier molecular flexibility index (Phi) is 5.87. The molecular formula is C14H20Br2N2O2S. The van der Waals surface area contributed by atoms with Gasteiger partial charge in [-0.2, -0.15) is 0 Å². The van der Waals surface area contributed by atoms with E-state index >= 15 is 0 Å². The standard InChI is InChI=1S/C14H20Br2N2O2S/c1-17-7-5-11(6-8-17)10-18(2)21(19,20)14-9-12(15)3-4-13(14)16/h3-4,9,11H,5-8,10H2,1-2H3. The summed E-state index contributed by atoms with van der Waals surface area (Å²) < 4.78 is 28.3. The number of rotatable bonds is 4. The number of piperidine rings is 1. The highest BCUT2D eigenvalue weighted by Crippen LogP contribution is 2.29. The largest absolute Gasteiger partial charge is 0.306 e. The van der Waals surface area contributed by atoms with E-state index < -0.39 is 10.0 Å². The van der Waals surface area contributed by atoms with Crippen LogP contribution in [0.1, 0.15) is 12.8 Å². The summed E-state index contributed by atoms with van der Waals surface area (Å²) in [6.45, 7) is 2.66. The molecular weight excluding hydrogens is 420 g/mol. The molecule has 1 aliphatic rings. The minimum atomic E-state index is -3.46. The van der Waals surface area contributed by atoms with Gasteiger partial charge in [0.25, 0.3) is 0 Å². The lowest BCUT2D eigenvalue weighted by Gasteiger charge is -2.31. The van der Waals surface area contributed by atoms with E-state index in [0.717, 1.165) is 30.4 Å². The van der Waals surface area contributed by atoms with Gasteiger partial charge in [-0.25, -0.2) is 12.7 Å². The van der Waals surface area contributed by atoms with Crippen LogP contribution in [0.15, 0.2) is 32.0 Å². The van der Waals surface area contributed by atoms with Crippen molar-refractivity contribution in [2.75, 3.05) is 33.7 Å². The average molecular weight is 440 g/mol. The van der Waals surface area contributed by atoms with Gasteiger partial charge in [0.2, 0.25) is 10.0 Å². The summed E-state index contributed by atoms with van der Waals surface area (Å²) in [4.78, 5) is 2.60. The molecule has 21 heavy (non-hydrogen) atoms. The van der Waals surface area contributed by atoms with Gasteiger partial charge in [0.05, 0.1) is 4.90 Å². The summed E-state index contributed by atoms with van der Waals surface area (Å²) >= 11 is 6.67. The molecule has 0 N–H and O–H groups in total. The van der Waals surface area contributed by atoms with Crippen molar-refractivity contribution in [1.29, 1.82) is 0 Å². The molecule has 1 aliphatic heterocycles. The maximum Gasteiger partial charge on any atom is 0.243 e. The first-order valence-corrected chi connectivity index (χ1v) is 9.93. The molecule has 2 rings (SSSR count). The van der Waals surface area contributed by atoms with Gasteiger partial charge in [-0.15, -0.1) is 0 Å². The predicted octanol–water partition coefficient (Wildman–Crippen LogP) is 3.17. The zero-order chi connectivity index (χ0) is 15.6. The smallest absolute Gasteiger partial charge is 0.243 e. The van der Waals surface area contributed by atoms with Crippen LogP contribution in [0.3, 0.4) is 0 Å². The molecule has 0 unspecified atom stereocenters. The summed E-state index contributed by atoms with van der Waals surface area (Å²) in [5, 5.41) is 0. The number of hydrogen-bond donors (Lipinski definition) is 0. The van der Waals surface area contributed by atoms with E-state index in [2.05, 4.69) is 43.8 Å². The van der Waals surface area contributed by atoms with Gasteiger partial charge < -0.3 is 4.90 Å². The minimum absolute atomic E-state index is 0.312. The zero-order valence-electron chi connectivity index (χ0n) is 12.2. The fraction of sp³-hybridized carbons (Fsp3) is 0.571. The van der Waals surface area contributed by atoms with E-state index in [-0.39, 0.29) is 0 Å². The molecule has 0 aromatic heterocycles. The molecule has 0 amide bonds. The van der Waals surface area contributed by atoms with Crippen LogP contribution in [0.5, 0.6) is 0 Å². The summed E-state index contributed by atoms with van der Waals surface area (Å²) in [6.07, 6.45) is 2.10. The Labute approximate surface area is 143 Å². The molecule has 0 radical (unpaired) electrons. The van der Waals surface area contributed by atoms with E-state index in [1.807, 2.05) is 6.07 Å². The van der Waals surface area contributed by atoms with E-state index in [0.29, 0.717) is 21.8 Å². The minimum Gasteiger partial charge on any atom is -0.306 e. The molecule has 1 aromatic rings. The van der Waals surface area contributed by atoms with E-state index in [9.17, 15) is 8.42 Å². The maximum atomic E-state index is 12.7. The molecule has 4 nitrogen and oxygen atoms in total. The van der Waals surface area contributed by atoms with Gasteiger partial charge in [0, 0.05) is 22.5 Å². The second-order valence-electron chi connectivity index (χ2n) is 5.61. The van der Waals surface area contributed by atoms with Crippen molar-refractivity contribution in [3.05, 3.63) is 27.1 Å². The normalized spacial score (nSPS) is 18.3. The van der Waals surface area contributed by atoms with Crippen LogP contribution in [0.2, 0.25) is 0 Å². The van der Waals surface area contributed by atoms with Crippen molar-refractivity contribution in [3.63, 3.8) is 0 Å². The summed E-state index contributed by atoms with van der Waals surface area (Å²) in [5.74, 6) is 0.437. The van der Waals surface area contributed by atoms with Gasteiger partial charge in [-0.1, -0.05) is 15.9 Å². The van der Waals surface area contributed by atoms with Crippen LogP contribution in [0, 0.1) is 5.92 Å². The summed E-state index contributed by atoms with van der Waals surface area (Å²) in [6, 6.07) is 5.21. The van der Waals surface area contributed by atoms with Crippen LogP contribution in [-0.4, -0.2) is 51.4 Å². The number of sulfonamides is 1. The molecule has 0 atom stereocenters. The predicted molar refractivity (Wildman–Crippen MR) is 91.9 cm³/mol. The fourth-order valence-electron chi connectivity index (χ4n) is 2.55. The van der Waals surface area contributed by atoms with Gasteiger partial charge in [0.15, 0.2) is 0 Å². The maximum absolute atomic E-state index is 12.7. The first-order valence-electron chi connectivity index (χ1n) is 6.90. The Morgan fingerprint density at radius 2 is 1.90 bits per heavy atom. The number of likely N-dealkylation sites (tertiary alicyclic amines) is 1. The monoisotopic (exact) mass is 438 g/mol. The second kappa shape index (κ2) is 7.08. The molecule has 1 heterocycles. The van der Waals surface area contributed by atoms with Crippen LogP contribution in [0.25, 0.3) is 0 Å². The quantitative estimate of drug-likeness (QED) is 0.723. The van der Waals surface area contributed by atoms with Crippen LogP contribution in [0.4, 0.5) is 0 Å². The highest BCUT2D eigenvalue weighted by atomic mass is 79.9. The Balaban J connectivity index is 2.13. The van der Waals surface area contributed by atoms with Gasteiger partial charge >= 0.3 is 0 Å². The lowest BCUT2D eigenvalue weighted by molar-refractivity contribution is 0.202. The van der Waals surface area contributed by atoms with Gasteiger partial charge in [-0.3, -0.25) is 0 Å². The van der Waals surface area contributed by atoms with Crippen molar-refractivity contribution in [2.45, 2.75) is 17.7 Å². The van der Waals surface area contributed by atoms with Crippen molar-refractivity contribution in [1.82, 2.24) is 9.21 Å². The van der Waals surface area contributed by atoms with Crippen molar-refractivity contribution >= 4 is 41.9 Å². The van der Waals surface area contributed by atoms with E-state index in [4.69, 9.17) is 0 Å². The number of nitrogens with zero attached hydrogens (tertiary/aromatic N) is 2. The SMILES string of the molecule is CN1CCC(CN(C)S(=O)(=O)c2cc(Br)ccc2Br)CC1. The third kappa shape index (κ3) is 4.28. The molecule has 1 fully saturated rings. The molecule has 0 saturated carbocycles. The molecule has 0 bridgehead atoms. The third-order valence-corrected chi connectivity index (χ3v) is 7.25. The lowest BCUT2D eigenvalue weighted by Crippen LogP contribution is -2.38. The van der Waals surface area contributed by atoms with Crippen LogP contribution < -0.4 is 0 Å². The van der Waals surface area contributed by atoms with Crippen LogP contribution >= 0.6 is 31.9 Å². The molecule has 7 heteroatoms. The average Bonchev–Trinajstić information content (AvgIpc) is 2.43. The second-order valence-corrected chi connectivity index (χ2v) is 9.39. The Hall–Kier alpha value is 0.0500. The van der Waals surface area contributed by atoms with Crippen molar-refractivity contribution in [2.24, 2.45) is 5.92 Å². The number of halogens is 2. The number of benzene rings is 1. The van der Waals surface area contributed by atoms with Crippen molar-refractivity contribution in [3.8, 4) is 0 Å². The van der Waals surface area contributed by atoms with Crippen LogP contribution in [-0.2, 0) is 10.0 Å². The van der Waals surface area contributed by atoms with Gasteiger partial charge in [-0.05, 0) is 73.0 Å². The molecule has 1 aromatic carbocycles. The highest BCUT2D eigenvalue weighted by Gasteiger charge is 2.27. The fourth-order valence-corrected chi connectivity index (χ4v) is 5.26. The zero-order valence-corrected chi connectivity index (χ0v) is 16.2. The van der Waals surface area contributed by atoms with E-state index in [1.165, 1.54) is 4.31 Å². The first kappa shape index (κ1) is 17.4. The van der Waals surface area contributed by atoms with Crippen molar-refractivity contribution < 1.29 is 8.42 Å². The topological polar surface area (TPSA) is 40.6 Å². The summed E-state index contributed by atoms with van der Waals surface area (Å²) in [7, 11) is 0.312. The highest BCUT2D eigenvalue weighted by molar-refractivity contribution is 9.11. The van der Waals surface area contributed by atoms with Gasteiger partial charge in [0.1, 0.15) is 0 Å². The Morgan fingerprint density at radius 1 is 1.29 bits per heavy atom. The molecule has 0 spiro atoms.